The van der Waals surface area contributed by atoms with E-state index in [2.05, 4.69) is 30.6 Å². The molecular formula is C21H20N6O4S. The minimum Gasteiger partial charge on any atom is -0.493 e. The molecule has 0 aliphatic rings. The van der Waals surface area contributed by atoms with Gasteiger partial charge < -0.3 is 19.9 Å². The molecule has 0 amide bonds. The predicted octanol–water partition coefficient (Wildman–Crippen LogP) is 3.86. The number of hydrogen-bond acceptors (Lipinski definition) is 10. The Hall–Kier alpha value is -3.99. The molecule has 0 saturated heterocycles. The van der Waals surface area contributed by atoms with E-state index in [0.29, 0.717) is 40.2 Å². The van der Waals surface area contributed by atoms with E-state index < -0.39 is 5.97 Å². The highest BCUT2D eigenvalue weighted by atomic mass is 32.1. The quantitative estimate of drug-likeness (QED) is 0.362. The Balaban J connectivity index is 1.75. The zero-order valence-electron chi connectivity index (χ0n) is 17.5. The van der Waals surface area contributed by atoms with Gasteiger partial charge in [0.25, 0.3) is 0 Å². The molecule has 3 N–H and O–H groups in total. The first-order valence-corrected chi connectivity index (χ1v) is 10.3. The van der Waals surface area contributed by atoms with Crippen molar-refractivity contribution in [2.45, 2.75) is 13.5 Å². The maximum atomic E-state index is 11.3. The zero-order chi connectivity index (χ0) is 22.7. The number of aryl methyl sites for hydroxylation is 1. The normalized spacial score (nSPS) is 10.7. The fraction of sp³-hybridized carbons (Fsp3) is 0.190. The molecule has 0 unspecified atom stereocenters. The first-order chi connectivity index (χ1) is 15.5. The van der Waals surface area contributed by atoms with Crippen LogP contribution >= 0.6 is 11.3 Å². The number of pyridine rings is 1. The van der Waals surface area contributed by atoms with Crippen LogP contribution in [0.3, 0.4) is 0 Å². The Labute approximate surface area is 187 Å². The van der Waals surface area contributed by atoms with Crippen molar-refractivity contribution < 1.29 is 19.4 Å². The fourth-order valence-electron chi connectivity index (χ4n) is 3.08. The lowest BCUT2D eigenvalue weighted by Crippen LogP contribution is -2.06. The molecule has 0 atom stereocenters. The summed E-state index contributed by atoms with van der Waals surface area (Å²) in [7, 11) is 3.12. The molecule has 0 fully saturated rings. The molecule has 3 aromatic heterocycles. The number of hydrogen-bond donors (Lipinski definition) is 3. The van der Waals surface area contributed by atoms with Gasteiger partial charge in [-0.05, 0) is 24.6 Å². The maximum Gasteiger partial charge on any atom is 0.347 e. The molecule has 32 heavy (non-hydrogen) atoms. The zero-order valence-corrected chi connectivity index (χ0v) is 18.4. The first kappa shape index (κ1) is 21.2. The number of thiazole rings is 1. The Kier molecular flexibility index (Phi) is 5.99. The van der Waals surface area contributed by atoms with Gasteiger partial charge in [-0.1, -0.05) is 17.4 Å². The highest BCUT2D eigenvalue weighted by molar-refractivity contribution is 7.17. The minimum atomic E-state index is -1.02. The van der Waals surface area contributed by atoms with E-state index >= 15 is 0 Å². The number of anilines is 3. The van der Waals surface area contributed by atoms with Crippen LogP contribution in [-0.2, 0) is 6.54 Å². The Morgan fingerprint density at radius 2 is 1.94 bits per heavy atom. The summed E-state index contributed by atoms with van der Waals surface area (Å²) < 4.78 is 10.8. The van der Waals surface area contributed by atoms with Gasteiger partial charge in [0.2, 0.25) is 5.95 Å². The van der Waals surface area contributed by atoms with Gasteiger partial charge in [-0.3, -0.25) is 10.3 Å². The molecule has 0 aliphatic heterocycles. The molecule has 1 aromatic carbocycles. The third kappa shape index (κ3) is 4.37. The van der Waals surface area contributed by atoms with Crippen LogP contribution in [0.1, 0.15) is 20.9 Å². The molecule has 164 valence electrons. The predicted molar refractivity (Wildman–Crippen MR) is 121 cm³/mol. The summed E-state index contributed by atoms with van der Waals surface area (Å²) in [6, 6.07) is 7.38. The molecule has 0 aliphatic carbocycles. The van der Waals surface area contributed by atoms with Crippen LogP contribution in [0, 0.1) is 6.92 Å². The molecule has 4 rings (SSSR count). The Bertz CT molecular complexity index is 1280. The number of nitrogens with zero attached hydrogens (tertiary/aromatic N) is 4. The SMILES string of the molecule is COc1cc2nc(Nc3nc(C)c(C(=O)O)s3)nc(NCc3cccnc3)c2cc1OC. The minimum absolute atomic E-state index is 0.162. The topological polar surface area (TPSA) is 131 Å². The van der Waals surface area contributed by atoms with Crippen molar-refractivity contribution in [1.82, 2.24) is 19.9 Å². The highest BCUT2D eigenvalue weighted by Gasteiger charge is 2.17. The van der Waals surface area contributed by atoms with Gasteiger partial charge in [0.05, 0.1) is 25.4 Å². The van der Waals surface area contributed by atoms with Crippen molar-refractivity contribution in [2.24, 2.45) is 0 Å². The number of benzene rings is 1. The molecule has 11 heteroatoms. The Morgan fingerprint density at radius 1 is 1.16 bits per heavy atom. The van der Waals surface area contributed by atoms with Crippen LogP contribution < -0.4 is 20.1 Å². The van der Waals surface area contributed by atoms with Crippen LogP contribution in [0.4, 0.5) is 16.9 Å². The summed E-state index contributed by atoms with van der Waals surface area (Å²) in [5.41, 5.74) is 2.02. The number of carboxylic acids is 1. The van der Waals surface area contributed by atoms with Gasteiger partial charge in [0.1, 0.15) is 10.7 Å². The number of rotatable bonds is 8. The lowest BCUT2D eigenvalue weighted by molar-refractivity contribution is 0.0701. The summed E-state index contributed by atoms with van der Waals surface area (Å²) in [5.74, 6) is 0.887. The standard InChI is InChI=1S/C21H20N6O4S/c1-11-17(19(28)29)32-21(24-11)27-20-25-14-8-16(31-3)15(30-2)7-13(14)18(26-20)23-10-12-5-4-6-22-9-12/h4-9H,10H2,1-3H3,(H,28,29)(H2,23,24,25,26,27). The number of fused-ring (bicyclic) bond motifs is 1. The summed E-state index contributed by atoms with van der Waals surface area (Å²) in [6.45, 7) is 2.14. The summed E-state index contributed by atoms with van der Waals surface area (Å²) in [6.07, 6.45) is 3.48. The third-order valence-corrected chi connectivity index (χ3v) is 5.65. The average molecular weight is 452 g/mol. The molecule has 3 heterocycles. The van der Waals surface area contributed by atoms with E-state index in [9.17, 15) is 9.90 Å². The van der Waals surface area contributed by atoms with Crippen molar-refractivity contribution >= 4 is 45.1 Å². The third-order valence-electron chi connectivity index (χ3n) is 4.59. The summed E-state index contributed by atoms with van der Waals surface area (Å²) in [4.78, 5) is 29.1. The molecule has 0 spiro atoms. The second-order valence-electron chi connectivity index (χ2n) is 6.70. The van der Waals surface area contributed by atoms with Crippen molar-refractivity contribution in [3.05, 3.63) is 52.8 Å². The average Bonchev–Trinajstić information content (AvgIpc) is 3.17. The van der Waals surface area contributed by atoms with Gasteiger partial charge in [-0.25, -0.2) is 14.8 Å². The fourth-order valence-corrected chi connectivity index (χ4v) is 3.88. The van der Waals surface area contributed by atoms with Gasteiger partial charge >= 0.3 is 5.97 Å². The van der Waals surface area contributed by atoms with Gasteiger partial charge in [-0.2, -0.15) is 4.98 Å². The van der Waals surface area contributed by atoms with E-state index in [1.54, 1.807) is 45.7 Å². The number of carboxylic acid groups (broad SMARTS) is 1. The van der Waals surface area contributed by atoms with E-state index in [4.69, 9.17) is 9.47 Å². The van der Waals surface area contributed by atoms with Crippen molar-refractivity contribution in [1.29, 1.82) is 0 Å². The number of methoxy groups -OCH3 is 2. The number of aromatic nitrogens is 4. The molecule has 0 bridgehead atoms. The lowest BCUT2D eigenvalue weighted by Gasteiger charge is -2.14. The van der Waals surface area contributed by atoms with Crippen LogP contribution in [0.5, 0.6) is 11.5 Å². The van der Waals surface area contributed by atoms with Crippen molar-refractivity contribution in [3.8, 4) is 11.5 Å². The Morgan fingerprint density at radius 3 is 2.59 bits per heavy atom. The maximum absolute atomic E-state index is 11.3. The number of aromatic carboxylic acids is 1. The van der Waals surface area contributed by atoms with Crippen LogP contribution in [0.15, 0.2) is 36.7 Å². The van der Waals surface area contributed by atoms with Gasteiger partial charge in [0.15, 0.2) is 16.6 Å². The second kappa shape index (κ2) is 9.02. The van der Waals surface area contributed by atoms with Crippen LogP contribution in [0.25, 0.3) is 10.9 Å². The summed E-state index contributed by atoms with van der Waals surface area (Å²) >= 11 is 1.02. The molecule has 0 radical (unpaired) electrons. The molecular weight excluding hydrogens is 432 g/mol. The van der Waals surface area contributed by atoms with Crippen molar-refractivity contribution in [2.75, 3.05) is 24.9 Å². The van der Waals surface area contributed by atoms with Gasteiger partial charge in [-0.15, -0.1) is 0 Å². The van der Waals surface area contributed by atoms with Crippen LogP contribution in [-0.4, -0.2) is 45.2 Å². The van der Waals surface area contributed by atoms with Crippen molar-refractivity contribution in [3.63, 3.8) is 0 Å². The van der Waals surface area contributed by atoms with E-state index in [1.807, 2.05) is 12.1 Å². The van der Waals surface area contributed by atoms with Crippen LogP contribution in [0.2, 0.25) is 0 Å². The van der Waals surface area contributed by atoms with E-state index in [1.165, 1.54) is 0 Å². The molecule has 0 saturated carbocycles. The smallest absolute Gasteiger partial charge is 0.347 e. The number of nitrogens with one attached hydrogen (secondary N) is 2. The lowest BCUT2D eigenvalue weighted by atomic mass is 10.2. The van der Waals surface area contributed by atoms with Gasteiger partial charge in [0, 0.05) is 30.4 Å². The monoisotopic (exact) mass is 452 g/mol. The highest BCUT2D eigenvalue weighted by Crippen LogP contribution is 2.35. The molecule has 10 nitrogen and oxygen atoms in total. The second-order valence-corrected chi connectivity index (χ2v) is 7.70. The number of carbonyl (C=O) groups is 1. The first-order valence-electron chi connectivity index (χ1n) is 9.52. The molecule has 4 aromatic rings. The summed E-state index contributed by atoms with van der Waals surface area (Å²) in [5, 5.41) is 16.7. The van der Waals surface area contributed by atoms with E-state index in [-0.39, 0.29) is 10.8 Å². The number of ether oxygens (including phenoxy) is 2. The largest absolute Gasteiger partial charge is 0.493 e. The van der Waals surface area contributed by atoms with E-state index in [0.717, 1.165) is 22.3 Å².